The van der Waals surface area contributed by atoms with Crippen molar-refractivity contribution in [3.8, 4) is 0 Å². The zero-order valence-corrected chi connectivity index (χ0v) is 10.2. The molecule has 0 aliphatic heterocycles. The molecule has 88 valence electrons. The number of nitrogens with one attached hydrogen (secondary N) is 1. The summed E-state index contributed by atoms with van der Waals surface area (Å²) in [5.41, 5.74) is 0. The molecule has 1 N–H and O–H groups in total. The van der Waals surface area contributed by atoms with Crippen molar-refractivity contribution in [2.45, 2.75) is 51.4 Å². The first-order valence-electron chi connectivity index (χ1n) is 6.15. The maximum Gasteiger partial charge on any atom is 0.220 e. The highest BCUT2D eigenvalue weighted by atomic mass is 35.5. The molecular weight excluding hydrogens is 210 g/mol. The Kier molecular flexibility index (Phi) is 6.82. The van der Waals surface area contributed by atoms with E-state index in [1.807, 2.05) is 0 Å². The molecule has 0 aromatic carbocycles. The molecule has 0 heterocycles. The van der Waals surface area contributed by atoms with E-state index in [0.717, 1.165) is 25.3 Å². The fraction of sp³-hybridized carbons (Fsp3) is 0.917. The van der Waals surface area contributed by atoms with Crippen LogP contribution in [0.15, 0.2) is 0 Å². The Morgan fingerprint density at radius 1 is 1.27 bits per heavy atom. The van der Waals surface area contributed by atoms with E-state index in [9.17, 15) is 4.79 Å². The number of amides is 1. The van der Waals surface area contributed by atoms with E-state index in [-0.39, 0.29) is 5.91 Å². The van der Waals surface area contributed by atoms with Crippen LogP contribution in [0.25, 0.3) is 0 Å². The number of carbonyl (C=O) groups excluding carboxylic acids is 1. The van der Waals surface area contributed by atoms with Crippen molar-refractivity contribution in [2.24, 2.45) is 5.92 Å². The van der Waals surface area contributed by atoms with Gasteiger partial charge in [0.05, 0.1) is 0 Å². The lowest BCUT2D eigenvalue weighted by molar-refractivity contribution is -0.121. The summed E-state index contributed by atoms with van der Waals surface area (Å²) in [6, 6.07) is 0. The molecule has 0 atom stereocenters. The van der Waals surface area contributed by atoms with Gasteiger partial charge in [0.2, 0.25) is 5.91 Å². The SMILES string of the molecule is O=C(CCC1CCCCC1)NCCCCl. The molecule has 1 fully saturated rings. The van der Waals surface area contributed by atoms with Gasteiger partial charge in [-0.2, -0.15) is 0 Å². The van der Waals surface area contributed by atoms with Crippen molar-refractivity contribution in [3.05, 3.63) is 0 Å². The Hall–Kier alpha value is -0.240. The van der Waals surface area contributed by atoms with E-state index >= 15 is 0 Å². The second kappa shape index (κ2) is 7.98. The van der Waals surface area contributed by atoms with Gasteiger partial charge >= 0.3 is 0 Å². The molecule has 15 heavy (non-hydrogen) atoms. The minimum absolute atomic E-state index is 0.200. The normalized spacial score (nSPS) is 17.7. The van der Waals surface area contributed by atoms with E-state index in [0.29, 0.717) is 12.3 Å². The van der Waals surface area contributed by atoms with Crippen LogP contribution < -0.4 is 5.32 Å². The fourth-order valence-corrected chi connectivity index (χ4v) is 2.33. The van der Waals surface area contributed by atoms with Gasteiger partial charge in [0.1, 0.15) is 0 Å². The van der Waals surface area contributed by atoms with Crippen LogP contribution in [0.1, 0.15) is 51.4 Å². The van der Waals surface area contributed by atoms with E-state index in [4.69, 9.17) is 11.6 Å². The fourth-order valence-electron chi connectivity index (χ4n) is 2.19. The number of alkyl halides is 1. The molecule has 1 aliphatic rings. The topological polar surface area (TPSA) is 29.1 Å². The van der Waals surface area contributed by atoms with Crippen molar-refractivity contribution >= 4 is 17.5 Å². The molecule has 0 aromatic heterocycles. The van der Waals surface area contributed by atoms with Crippen molar-refractivity contribution < 1.29 is 4.79 Å². The van der Waals surface area contributed by atoms with Crippen LogP contribution >= 0.6 is 11.6 Å². The lowest BCUT2D eigenvalue weighted by atomic mass is 9.86. The number of halogens is 1. The van der Waals surface area contributed by atoms with Crippen molar-refractivity contribution in [3.63, 3.8) is 0 Å². The minimum atomic E-state index is 0.200. The van der Waals surface area contributed by atoms with Crippen LogP contribution in [-0.2, 0) is 4.79 Å². The van der Waals surface area contributed by atoms with Gasteiger partial charge in [0.25, 0.3) is 0 Å². The third kappa shape index (κ3) is 6.03. The summed E-state index contributed by atoms with van der Waals surface area (Å²) in [7, 11) is 0. The van der Waals surface area contributed by atoms with Crippen molar-refractivity contribution in [1.29, 1.82) is 0 Å². The second-order valence-electron chi connectivity index (χ2n) is 4.44. The summed E-state index contributed by atoms with van der Waals surface area (Å²) in [4.78, 5) is 11.4. The number of hydrogen-bond acceptors (Lipinski definition) is 1. The lowest BCUT2D eigenvalue weighted by Crippen LogP contribution is -2.25. The Balaban J connectivity index is 2.00. The third-order valence-electron chi connectivity index (χ3n) is 3.14. The monoisotopic (exact) mass is 231 g/mol. The highest BCUT2D eigenvalue weighted by Gasteiger charge is 2.14. The summed E-state index contributed by atoms with van der Waals surface area (Å²) < 4.78 is 0. The Morgan fingerprint density at radius 3 is 2.67 bits per heavy atom. The maximum absolute atomic E-state index is 11.4. The molecule has 0 bridgehead atoms. The number of rotatable bonds is 6. The third-order valence-corrected chi connectivity index (χ3v) is 3.40. The van der Waals surface area contributed by atoms with E-state index in [1.165, 1.54) is 32.1 Å². The predicted molar refractivity (Wildman–Crippen MR) is 64.2 cm³/mol. The maximum atomic E-state index is 11.4. The van der Waals surface area contributed by atoms with Gasteiger partial charge < -0.3 is 5.32 Å². The van der Waals surface area contributed by atoms with Crippen LogP contribution in [0, 0.1) is 5.92 Å². The average molecular weight is 232 g/mol. The average Bonchev–Trinajstić information content (AvgIpc) is 2.28. The summed E-state index contributed by atoms with van der Waals surface area (Å²) in [5, 5.41) is 2.90. The van der Waals surface area contributed by atoms with Crippen LogP contribution in [-0.4, -0.2) is 18.3 Å². The van der Waals surface area contributed by atoms with Gasteiger partial charge in [-0.1, -0.05) is 32.1 Å². The van der Waals surface area contributed by atoms with E-state index < -0.39 is 0 Å². The summed E-state index contributed by atoms with van der Waals surface area (Å²) in [5.74, 6) is 1.63. The molecule has 1 aliphatic carbocycles. The van der Waals surface area contributed by atoms with Gasteiger partial charge in [-0.15, -0.1) is 11.6 Å². The zero-order chi connectivity index (χ0) is 10.9. The molecule has 2 nitrogen and oxygen atoms in total. The molecule has 3 heteroatoms. The molecule has 1 saturated carbocycles. The standard InChI is InChI=1S/C12H22ClNO/c13-9-4-10-14-12(15)8-7-11-5-2-1-3-6-11/h11H,1-10H2,(H,14,15). The molecule has 0 aromatic rings. The van der Waals surface area contributed by atoms with E-state index in [2.05, 4.69) is 5.32 Å². The van der Waals surface area contributed by atoms with Crippen LogP contribution in [0.2, 0.25) is 0 Å². The summed E-state index contributed by atoms with van der Waals surface area (Å²) in [6.45, 7) is 0.729. The molecule has 0 spiro atoms. The molecule has 0 saturated heterocycles. The molecule has 0 radical (unpaired) electrons. The van der Waals surface area contributed by atoms with E-state index in [1.54, 1.807) is 0 Å². The molecule has 1 rings (SSSR count). The first-order valence-corrected chi connectivity index (χ1v) is 6.69. The number of carbonyl (C=O) groups is 1. The summed E-state index contributed by atoms with van der Waals surface area (Å²) >= 11 is 5.53. The van der Waals surface area contributed by atoms with Crippen molar-refractivity contribution in [1.82, 2.24) is 5.32 Å². The lowest BCUT2D eigenvalue weighted by Gasteiger charge is -2.20. The van der Waals surface area contributed by atoms with Crippen LogP contribution in [0.3, 0.4) is 0 Å². The molecule has 0 unspecified atom stereocenters. The number of hydrogen-bond donors (Lipinski definition) is 1. The quantitative estimate of drug-likeness (QED) is 0.553. The van der Waals surface area contributed by atoms with Gasteiger partial charge in [0, 0.05) is 18.8 Å². The van der Waals surface area contributed by atoms with Gasteiger partial charge in [0.15, 0.2) is 0 Å². The van der Waals surface area contributed by atoms with Crippen molar-refractivity contribution in [2.75, 3.05) is 12.4 Å². The molecule has 1 amide bonds. The van der Waals surface area contributed by atoms with Gasteiger partial charge in [-0.25, -0.2) is 0 Å². The Morgan fingerprint density at radius 2 is 2.00 bits per heavy atom. The largest absolute Gasteiger partial charge is 0.356 e. The summed E-state index contributed by atoms with van der Waals surface area (Å²) in [6.07, 6.45) is 9.41. The Labute approximate surface area is 97.8 Å². The second-order valence-corrected chi connectivity index (χ2v) is 4.81. The van der Waals surface area contributed by atoms with Crippen LogP contribution in [0.5, 0.6) is 0 Å². The van der Waals surface area contributed by atoms with Gasteiger partial charge in [-0.3, -0.25) is 4.79 Å². The van der Waals surface area contributed by atoms with Crippen LogP contribution in [0.4, 0.5) is 0 Å². The highest BCUT2D eigenvalue weighted by Crippen LogP contribution is 2.27. The Bertz CT molecular complexity index is 178. The minimum Gasteiger partial charge on any atom is -0.356 e. The molecular formula is C12H22ClNO. The smallest absolute Gasteiger partial charge is 0.220 e. The van der Waals surface area contributed by atoms with Gasteiger partial charge in [-0.05, 0) is 18.8 Å². The predicted octanol–water partition coefficient (Wildman–Crippen LogP) is 3.09. The first kappa shape index (κ1) is 12.8. The first-order chi connectivity index (χ1) is 7.33. The zero-order valence-electron chi connectivity index (χ0n) is 9.43. The highest BCUT2D eigenvalue weighted by molar-refractivity contribution is 6.17.